The van der Waals surface area contributed by atoms with Gasteiger partial charge in [-0.05, 0) is 26.0 Å². The molecule has 2 aromatic rings. The number of aromatic nitrogens is 2. The summed E-state index contributed by atoms with van der Waals surface area (Å²) in [6, 6.07) is 6.34. The van der Waals surface area contributed by atoms with E-state index in [1.807, 2.05) is 0 Å². The van der Waals surface area contributed by atoms with Crippen LogP contribution in [0.2, 0.25) is 0 Å². The van der Waals surface area contributed by atoms with Gasteiger partial charge in [-0.25, -0.2) is 4.79 Å². The molecule has 0 fully saturated rings. The third-order valence-corrected chi connectivity index (χ3v) is 3.55. The molecule has 0 spiro atoms. The highest BCUT2D eigenvalue weighted by atomic mass is 16.7. The van der Waals surface area contributed by atoms with Crippen LogP contribution in [0.1, 0.15) is 37.7 Å². The molecular weight excluding hydrogens is 286 g/mol. The Hall–Kier alpha value is -2.96. The standard InChI is InChI=1S/C15H13N3O4/c1-8-12(9(2)17-16-8)7-13(19)22-18-14(20)10-5-3-4-6-11(10)15(18)21/h3-6H,7H2,1-2H3,(H,16,17). The van der Waals surface area contributed by atoms with Gasteiger partial charge in [0, 0.05) is 11.3 Å². The highest BCUT2D eigenvalue weighted by Crippen LogP contribution is 2.23. The van der Waals surface area contributed by atoms with Crippen LogP contribution in [0, 0.1) is 13.8 Å². The van der Waals surface area contributed by atoms with Gasteiger partial charge in [-0.3, -0.25) is 14.7 Å². The minimum absolute atomic E-state index is 0.0679. The van der Waals surface area contributed by atoms with Crippen molar-refractivity contribution in [1.82, 2.24) is 15.3 Å². The molecule has 0 saturated heterocycles. The van der Waals surface area contributed by atoms with E-state index in [9.17, 15) is 14.4 Å². The molecule has 1 aromatic carbocycles. The molecule has 0 aliphatic carbocycles. The van der Waals surface area contributed by atoms with E-state index in [0.29, 0.717) is 16.3 Å². The predicted molar refractivity (Wildman–Crippen MR) is 74.8 cm³/mol. The maximum Gasteiger partial charge on any atom is 0.337 e. The first-order valence-corrected chi connectivity index (χ1v) is 6.68. The van der Waals surface area contributed by atoms with Crippen LogP contribution in [0.3, 0.4) is 0 Å². The Balaban J connectivity index is 1.76. The summed E-state index contributed by atoms with van der Waals surface area (Å²) < 4.78 is 0. The second kappa shape index (κ2) is 5.10. The number of fused-ring (bicyclic) bond motifs is 1. The maximum absolute atomic E-state index is 12.1. The SMILES string of the molecule is Cc1n[nH]c(C)c1CC(=O)ON1C(=O)c2ccccc2C1=O. The number of hydroxylamine groups is 2. The lowest BCUT2D eigenvalue weighted by atomic mass is 10.1. The molecule has 1 aromatic heterocycles. The third-order valence-electron chi connectivity index (χ3n) is 3.55. The quantitative estimate of drug-likeness (QED) is 0.863. The van der Waals surface area contributed by atoms with Crippen molar-refractivity contribution in [2.45, 2.75) is 20.3 Å². The van der Waals surface area contributed by atoms with E-state index < -0.39 is 17.8 Å². The van der Waals surface area contributed by atoms with Gasteiger partial charge in [-0.2, -0.15) is 5.10 Å². The van der Waals surface area contributed by atoms with Crippen LogP contribution < -0.4 is 0 Å². The number of imide groups is 1. The number of aromatic amines is 1. The number of nitrogens with zero attached hydrogens (tertiary/aromatic N) is 2. The molecule has 1 aliphatic heterocycles. The molecule has 2 amide bonds. The smallest absolute Gasteiger partial charge is 0.329 e. The molecule has 22 heavy (non-hydrogen) atoms. The molecule has 2 heterocycles. The Morgan fingerprint density at radius 1 is 1.18 bits per heavy atom. The Labute approximate surface area is 125 Å². The number of carbonyl (C=O) groups is 3. The Morgan fingerprint density at radius 3 is 2.27 bits per heavy atom. The van der Waals surface area contributed by atoms with Crippen molar-refractivity contribution in [3.8, 4) is 0 Å². The minimum Gasteiger partial charge on any atom is -0.329 e. The van der Waals surface area contributed by atoms with Gasteiger partial charge in [0.1, 0.15) is 0 Å². The van der Waals surface area contributed by atoms with Crippen LogP contribution in [0.5, 0.6) is 0 Å². The lowest BCUT2D eigenvalue weighted by Gasteiger charge is -2.12. The van der Waals surface area contributed by atoms with Gasteiger partial charge in [-0.1, -0.05) is 17.2 Å². The van der Waals surface area contributed by atoms with Gasteiger partial charge in [-0.15, -0.1) is 0 Å². The fourth-order valence-corrected chi connectivity index (χ4v) is 2.36. The number of carbonyl (C=O) groups excluding carboxylic acids is 3. The summed E-state index contributed by atoms with van der Waals surface area (Å²) in [7, 11) is 0. The largest absolute Gasteiger partial charge is 0.337 e. The fraction of sp³-hybridized carbons (Fsp3) is 0.200. The number of nitrogens with one attached hydrogen (secondary N) is 1. The molecule has 7 heteroatoms. The van der Waals surface area contributed by atoms with Crippen LogP contribution in [0.4, 0.5) is 0 Å². The molecule has 1 aliphatic rings. The van der Waals surface area contributed by atoms with E-state index in [2.05, 4.69) is 10.2 Å². The van der Waals surface area contributed by atoms with Crippen molar-refractivity contribution >= 4 is 17.8 Å². The number of hydrogen-bond acceptors (Lipinski definition) is 5. The van der Waals surface area contributed by atoms with Gasteiger partial charge < -0.3 is 4.84 Å². The Morgan fingerprint density at radius 2 is 1.77 bits per heavy atom. The third kappa shape index (κ3) is 2.16. The monoisotopic (exact) mass is 299 g/mol. The van der Waals surface area contributed by atoms with Crippen molar-refractivity contribution in [3.05, 3.63) is 52.3 Å². The molecule has 0 unspecified atom stereocenters. The zero-order chi connectivity index (χ0) is 15.9. The molecule has 0 atom stereocenters. The summed E-state index contributed by atoms with van der Waals surface area (Å²) in [5.74, 6) is -1.95. The predicted octanol–water partition coefficient (Wildman–Crippen LogP) is 1.32. The zero-order valence-corrected chi connectivity index (χ0v) is 12.0. The molecule has 3 rings (SSSR count). The van der Waals surface area contributed by atoms with E-state index in [1.54, 1.807) is 26.0 Å². The molecule has 0 radical (unpaired) electrons. The second-order valence-electron chi connectivity index (χ2n) is 5.00. The summed E-state index contributed by atoms with van der Waals surface area (Å²) in [6.07, 6.45) is -0.0679. The normalized spacial score (nSPS) is 13.5. The Bertz CT molecular complexity index is 739. The number of aryl methyl sites for hydroxylation is 2. The van der Waals surface area contributed by atoms with Crippen LogP contribution in [-0.2, 0) is 16.1 Å². The average Bonchev–Trinajstić information content (AvgIpc) is 2.94. The fourth-order valence-electron chi connectivity index (χ4n) is 2.36. The first kappa shape index (κ1) is 14.0. The summed E-state index contributed by atoms with van der Waals surface area (Å²) in [4.78, 5) is 41.1. The van der Waals surface area contributed by atoms with Crippen molar-refractivity contribution in [2.75, 3.05) is 0 Å². The van der Waals surface area contributed by atoms with Crippen LogP contribution in [-0.4, -0.2) is 33.0 Å². The second-order valence-corrected chi connectivity index (χ2v) is 5.00. The highest BCUT2D eigenvalue weighted by Gasteiger charge is 2.38. The zero-order valence-electron chi connectivity index (χ0n) is 12.0. The van der Waals surface area contributed by atoms with Crippen LogP contribution in [0.15, 0.2) is 24.3 Å². The van der Waals surface area contributed by atoms with Crippen molar-refractivity contribution in [1.29, 1.82) is 0 Å². The molecule has 7 nitrogen and oxygen atoms in total. The van der Waals surface area contributed by atoms with Gasteiger partial charge in [0.05, 0.1) is 23.2 Å². The van der Waals surface area contributed by atoms with Crippen molar-refractivity contribution < 1.29 is 19.2 Å². The molecule has 112 valence electrons. The number of rotatable bonds is 3. The number of H-pyrrole nitrogens is 1. The average molecular weight is 299 g/mol. The highest BCUT2D eigenvalue weighted by molar-refractivity contribution is 6.20. The summed E-state index contributed by atoms with van der Waals surface area (Å²) in [5.41, 5.74) is 2.59. The van der Waals surface area contributed by atoms with Gasteiger partial charge >= 0.3 is 5.97 Å². The molecule has 0 bridgehead atoms. The summed E-state index contributed by atoms with van der Waals surface area (Å²) in [5, 5.41) is 7.26. The van der Waals surface area contributed by atoms with Crippen LogP contribution in [0.25, 0.3) is 0 Å². The number of benzene rings is 1. The molecular formula is C15H13N3O4. The van der Waals surface area contributed by atoms with E-state index in [0.717, 1.165) is 5.69 Å². The maximum atomic E-state index is 12.1. The van der Waals surface area contributed by atoms with Crippen molar-refractivity contribution in [2.24, 2.45) is 0 Å². The topological polar surface area (TPSA) is 92.4 Å². The van der Waals surface area contributed by atoms with Crippen molar-refractivity contribution in [3.63, 3.8) is 0 Å². The van der Waals surface area contributed by atoms with Gasteiger partial charge in [0.2, 0.25) is 0 Å². The van der Waals surface area contributed by atoms with Gasteiger partial charge in [0.15, 0.2) is 0 Å². The number of amides is 2. The minimum atomic E-state index is -0.692. The first-order valence-electron chi connectivity index (χ1n) is 6.68. The Kier molecular flexibility index (Phi) is 3.25. The van der Waals surface area contributed by atoms with Gasteiger partial charge in [0.25, 0.3) is 11.8 Å². The molecule has 0 saturated carbocycles. The lowest BCUT2D eigenvalue weighted by molar-refractivity contribution is -0.167. The van der Waals surface area contributed by atoms with E-state index >= 15 is 0 Å². The molecule has 1 N–H and O–H groups in total. The van der Waals surface area contributed by atoms with E-state index in [1.165, 1.54) is 12.1 Å². The first-order chi connectivity index (χ1) is 10.5. The summed E-state index contributed by atoms with van der Waals surface area (Å²) >= 11 is 0. The summed E-state index contributed by atoms with van der Waals surface area (Å²) in [6.45, 7) is 3.54. The van der Waals surface area contributed by atoms with E-state index in [4.69, 9.17) is 4.84 Å². The lowest BCUT2D eigenvalue weighted by Crippen LogP contribution is -2.33. The van der Waals surface area contributed by atoms with Crippen LogP contribution >= 0.6 is 0 Å². The number of hydrogen-bond donors (Lipinski definition) is 1. The van der Waals surface area contributed by atoms with E-state index in [-0.39, 0.29) is 17.5 Å².